The number of halogens is 2. The van der Waals surface area contributed by atoms with Crippen LogP contribution < -0.4 is 0 Å². The standard InChI is InChI=1S/C14H17F2NO2/c1-17(10-3-5-11(18)6-4-10)14(19)9-2-7-12(15)13(16)8-9/h2,7-8,10-11,18H,3-6H2,1H3. The van der Waals surface area contributed by atoms with Crippen LogP contribution in [-0.4, -0.2) is 35.1 Å². The summed E-state index contributed by atoms with van der Waals surface area (Å²) < 4.78 is 26.0. The highest BCUT2D eigenvalue weighted by Gasteiger charge is 2.26. The Morgan fingerprint density at radius 2 is 1.84 bits per heavy atom. The highest BCUT2D eigenvalue weighted by molar-refractivity contribution is 5.94. The first-order valence-corrected chi connectivity index (χ1v) is 6.39. The van der Waals surface area contributed by atoms with Gasteiger partial charge in [-0.15, -0.1) is 0 Å². The first-order valence-electron chi connectivity index (χ1n) is 6.39. The largest absolute Gasteiger partial charge is 0.393 e. The molecule has 5 heteroatoms. The molecule has 0 saturated heterocycles. The van der Waals surface area contributed by atoms with Crippen LogP contribution in [-0.2, 0) is 0 Å². The average Bonchev–Trinajstić information content (AvgIpc) is 2.41. The summed E-state index contributed by atoms with van der Waals surface area (Å²) in [5.74, 6) is -2.29. The molecule has 0 bridgehead atoms. The van der Waals surface area contributed by atoms with Crippen LogP contribution in [0.3, 0.4) is 0 Å². The molecule has 1 amide bonds. The van der Waals surface area contributed by atoms with Crippen molar-refractivity contribution in [2.45, 2.75) is 37.8 Å². The van der Waals surface area contributed by atoms with E-state index in [-0.39, 0.29) is 23.6 Å². The van der Waals surface area contributed by atoms with Crippen LogP contribution in [0.5, 0.6) is 0 Å². The third-order valence-corrected chi connectivity index (χ3v) is 3.70. The van der Waals surface area contributed by atoms with Gasteiger partial charge >= 0.3 is 0 Å². The molecule has 3 nitrogen and oxygen atoms in total. The number of hydrogen-bond acceptors (Lipinski definition) is 2. The van der Waals surface area contributed by atoms with Gasteiger partial charge in [0, 0.05) is 18.7 Å². The Morgan fingerprint density at radius 3 is 2.42 bits per heavy atom. The molecule has 0 radical (unpaired) electrons. The molecule has 1 aromatic rings. The average molecular weight is 269 g/mol. The Morgan fingerprint density at radius 1 is 1.21 bits per heavy atom. The predicted molar refractivity (Wildman–Crippen MR) is 66.7 cm³/mol. The molecular formula is C14H17F2NO2. The topological polar surface area (TPSA) is 40.5 Å². The van der Waals surface area contributed by atoms with Gasteiger partial charge in [-0.25, -0.2) is 8.78 Å². The molecular weight excluding hydrogens is 252 g/mol. The van der Waals surface area contributed by atoms with Gasteiger partial charge in [-0.05, 0) is 43.9 Å². The third-order valence-electron chi connectivity index (χ3n) is 3.70. The highest BCUT2D eigenvalue weighted by atomic mass is 19.2. The van der Waals surface area contributed by atoms with E-state index in [4.69, 9.17) is 0 Å². The zero-order chi connectivity index (χ0) is 14.0. The van der Waals surface area contributed by atoms with Crippen molar-refractivity contribution in [3.8, 4) is 0 Å². The third kappa shape index (κ3) is 3.10. The summed E-state index contributed by atoms with van der Waals surface area (Å²) in [4.78, 5) is 13.7. The van der Waals surface area contributed by atoms with Gasteiger partial charge in [0.15, 0.2) is 11.6 Å². The number of aliphatic hydroxyl groups is 1. The molecule has 1 N–H and O–H groups in total. The second-order valence-electron chi connectivity index (χ2n) is 5.01. The lowest BCUT2D eigenvalue weighted by atomic mass is 9.92. The zero-order valence-electron chi connectivity index (χ0n) is 10.8. The van der Waals surface area contributed by atoms with Crippen molar-refractivity contribution < 1.29 is 18.7 Å². The number of benzene rings is 1. The number of carbonyl (C=O) groups excluding carboxylic acids is 1. The second kappa shape index (κ2) is 5.65. The summed E-state index contributed by atoms with van der Waals surface area (Å²) in [5, 5.41) is 9.44. The number of aliphatic hydroxyl groups excluding tert-OH is 1. The molecule has 1 saturated carbocycles. The van der Waals surface area contributed by atoms with E-state index in [2.05, 4.69) is 0 Å². The summed E-state index contributed by atoms with van der Waals surface area (Å²) in [5.41, 5.74) is 0.146. The van der Waals surface area contributed by atoms with Crippen molar-refractivity contribution in [2.75, 3.05) is 7.05 Å². The minimum Gasteiger partial charge on any atom is -0.393 e. The van der Waals surface area contributed by atoms with Gasteiger partial charge in [0.2, 0.25) is 0 Å². The Labute approximate surface area is 110 Å². The van der Waals surface area contributed by atoms with E-state index in [1.165, 1.54) is 6.07 Å². The van der Waals surface area contributed by atoms with Crippen molar-refractivity contribution in [1.82, 2.24) is 4.90 Å². The van der Waals surface area contributed by atoms with Gasteiger partial charge in [-0.3, -0.25) is 4.79 Å². The fraction of sp³-hybridized carbons (Fsp3) is 0.500. The van der Waals surface area contributed by atoms with E-state index in [0.717, 1.165) is 25.0 Å². The summed E-state index contributed by atoms with van der Waals surface area (Å²) in [6.07, 6.45) is 2.50. The van der Waals surface area contributed by atoms with Crippen molar-refractivity contribution in [1.29, 1.82) is 0 Å². The first-order chi connectivity index (χ1) is 8.99. The molecule has 0 aliphatic heterocycles. The normalized spacial score (nSPS) is 23.2. The molecule has 19 heavy (non-hydrogen) atoms. The summed E-state index contributed by atoms with van der Waals surface area (Å²) in [7, 11) is 1.66. The fourth-order valence-corrected chi connectivity index (χ4v) is 2.44. The maximum Gasteiger partial charge on any atom is 0.253 e. The Balaban J connectivity index is 2.08. The van der Waals surface area contributed by atoms with Gasteiger partial charge in [0.1, 0.15) is 0 Å². The van der Waals surface area contributed by atoms with Gasteiger partial charge < -0.3 is 10.0 Å². The highest BCUT2D eigenvalue weighted by Crippen LogP contribution is 2.23. The summed E-state index contributed by atoms with van der Waals surface area (Å²) in [6.45, 7) is 0. The van der Waals surface area contributed by atoms with E-state index in [9.17, 15) is 18.7 Å². The van der Waals surface area contributed by atoms with Crippen LogP contribution >= 0.6 is 0 Å². The molecule has 104 valence electrons. The minimum absolute atomic E-state index is 0.0454. The quantitative estimate of drug-likeness (QED) is 0.895. The lowest BCUT2D eigenvalue weighted by molar-refractivity contribution is 0.0569. The van der Waals surface area contributed by atoms with Gasteiger partial charge in [-0.2, -0.15) is 0 Å². The SMILES string of the molecule is CN(C(=O)c1ccc(F)c(F)c1)C1CCC(O)CC1. The van der Waals surface area contributed by atoms with Crippen molar-refractivity contribution >= 4 is 5.91 Å². The second-order valence-corrected chi connectivity index (χ2v) is 5.01. The van der Waals surface area contributed by atoms with Crippen LogP contribution in [0.25, 0.3) is 0 Å². The Hall–Kier alpha value is -1.49. The fourth-order valence-electron chi connectivity index (χ4n) is 2.44. The molecule has 1 aliphatic carbocycles. The monoisotopic (exact) mass is 269 g/mol. The summed E-state index contributed by atoms with van der Waals surface area (Å²) >= 11 is 0. The van der Waals surface area contributed by atoms with Crippen LogP contribution in [0.2, 0.25) is 0 Å². The number of rotatable bonds is 2. The Bertz CT molecular complexity index is 471. The van der Waals surface area contributed by atoms with E-state index in [1.807, 2.05) is 0 Å². The molecule has 0 unspecified atom stereocenters. The number of carbonyl (C=O) groups is 1. The van der Waals surface area contributed by atoms with E-state index in [1.54, 1.807) is 11.9 Å². The molecule has 0 atom stereocenters. The molecule has 0 spiro atoms. The van der Waals surface area contributed by atoms with Crippen LogP contribution in [0, 0.1) is 11.6 Å². The van der Waals surface area contributed by atoms with Crippen LogP contribution in [0.15, 0.2) is 18.2 Å². The molecule has 2 rings (SSSR count). The lowest BCUT2D eigenvalue weighted by Crippen LogP contribution is -2.40. The maximum atomic E-state index is 13.1. The van der Waals surface area contributed by atoms with Crippen LogP contribution in [0.1, 0.15) is 36.0 Å². The molecule has 1 fully saturated rings. The van der Waals surface area contributed by atoms with Crippen molar-refractivity contribution in [2.24, 2.45) is 0 Å². The van der Waals surface area contributed by atoms with Crippen LogP contribution in [0.4, 0.5) is 8.78 Å². The predicted octanol–water partition coefficient (Wildman–Crippen LogP) is 2.34. The van der Waals surface area contributed by atoms with E-state index < -0.39 is 11.6 Å². The number of amides is 1. The van der Waals surface area contributed by atoms with Gasteiger partial charge in [0.25, 0.3) is 5.91 Å². The molecule has 0 heterocycles. The lowest BCUT2D eigenvalue weighted by Gasteiger charge is -2.33. The minimum atomic E-state index is -1.02. The summed E-state index contributed by atoms with van der Waals surface area (Å²) in [6, 6.07) is 3.21. The van der Waals surface area contributed by atoms with Crippen molar-refractivity contribution in [3.05, 3.63) is 35.4 Å². The zero-order valence-corrected chi connectivity index (χ0v) is 10.8. The van der Waals surface area contributed by atoms with E-state index >= 15 is 0 Å². The Kier molecular flexibility index (Phi) is 4.14. The maximum absolute atomic E-state index is 13.1. The van der Waals surface area contributed by atoms with Crippen molar-refractivity contribution in [3.63, 3.8) is 0 Å². The molecule has 1 aliphatic rings. The number of hydrogen-bond donors (Lipinski definition) is 1. The number of nitrogens with zero attached hydrogens (tertiary/aromatic N) is 1. The van der Waals surface area contributed by atoms with Gasteiger partial charge in [-0.1, -0.05) is 0 Å². The smallest absolute Gasteiger partial charge is 0.253 e. The van der Waals surface area contributed by atoms with E-state index in [0.29, 0.717) is 12.8 Å². The molecule has 0 aromatic heterocycles. The first kappa shape index (κ1) is 13.9. The van der Waals surface area contributed by atoms with Gasteiger partial charge in [0.05, 0.1) is 6.10 Å². The molecule has 1 aromatic carbocycles.